The molecule has 9 heteroatoms. The fraction of sp³-hybridized carbons (Fsp3) is 0.267. The van der Waals surface area contributed by atoms with Crippen molar-refractivity contribution >= 4 is 50.1 Å². The van der Waals surface area contributed by atoms with Gasteiger partial charge in [0.25, 0.3) is 5.91 Å². The molecule has 0 saturated heterocycles. The fourth-order valence-electron chi connectivity index (χ4n) is 2.16. The molecular weight excluding hydrogens is 348 g/mol. The number of anilines is 1. The molecule has 1 N–H and O–H groups in total. The molecule has 24 heavy (non-hydrogen) atoms. The molecule has 124 valence electrons. The number of fused-ring (bicyclic) bond motifs is 1. The highest BCUT2D eigenvalue weighted by Gasteiger charge is 2.17. The number of hydrogen-bond acceptors (Lipinski definition) is 8. The van der Waals surface area contributed by atoms with E-state index in [-0.39, 0.29) is 5.91 Å². The van der Waals surface area contributed by atoms with E-state index in [0.29, 0.717) is 33.2 Å². The van der Waals surface area contributed by atoms with Crippen LogP contribution in [0.1, 0.15) is 39.1 Å². The molecule has 0 unspecified atom stereocenters. The van der Waals surface area contributed by atoms with E-state index in [4.69, 9.17) is 4.74 Å². The molecule has 0 bridgehead atoms. The summed E-state index contributed by atoms with van der Waals surface area (Å²) in [6, 6.07) is 5.07. The lowest BCUT2D eigenvalue weighted by atomic mass is 10.2. The van der Waals surface area contributed by atoms with Gasteiger partial charge in [-0.05, 0) is 36.2 Å². The van der Waals surface area contributed by atoms with Gasteiger partial charge in [0, 0.05) is 0 Å². The molecule has 1 amide bonds. The van der Waals surface area contributed by atoms with E-state index in [1.165, 1.54) is 18.4 Å². The molecule has 1 aromatic carbocycles. The number of esters is 1. The number of aryl methyl sites for hydroxylation is 1. The SMILES string of the molecule is CCCc1nnsc1C(=O)Nc1nc2ccc(C(=O)OC)cc2s1. The molecule has 0 spiro atoms. The van der Waals surface area contributed by atoms with Gasteiger partial charge >= 0.3 is 5.97 Å². The van der Waals surface area contributed by atoms with Crippen LogP contribution in [-0.4, -0.2) is 33.6 Å². The van der Waals surface area contributed by atoms with Crippen molar-refractivity contribution in [1.82, 2.24) is 14.6 Å². The number of aromatic nitrogens is 3. The molecule has 0 aliphatic rings. The molecule has 2 heterocycles. The van der Waals surface area contributed by atoms with Crippen molar-refractivity contribution in [2.24, 2.45) is 0 Å². The first-order valence-electron chi connectivity index (χ1n) is 7.24. The predicted octanol–water partition coefficient (Wildman–Crippen LogP) is 3.14. The quantitative estimate of drug-likeness (QED) is 0.701. The summed E-state index contributed by atoms with van der Waals surface area (Å²) in [7, 11) is 1.34. The number of carbonyl (C=O) groups excluding carboxylic acids is 2. The van der Waals surface area contributed by atoms with Crippen LogP contribution in [0.15, 0.2) is 18.2 Å². The van der Waals surface area contributed by atoms with Crippen LogP contribution in [0.2, 0.25) is 0 Å². The number of nitrogens with one attached hydrogen (secondary N) is 1. The molecule has 0 saturated carbocycles. The van der Waals surface area contributed by atoms with Crippen molar-refractivity contribution in [2.75, 3.05) is 12.4 Å². The summed E-state index contributed by atoms with van der Waals surface area (Å²) in [5.41, 5.74) is 1.86. The zero-order valence-corrected chi connectivity index (χ0v) is 14.7. The molecule has 2 aromatic heterocycles. The minimum Gasteiger partial charge on any atom is -0.465 e. The first-order chi connectivity index (χ1) is 11.6. The van der Waals surface area contributed by atoms with Crippen LogP contribution in [0.3, 0.4) is 0 Å². The molecule has 0 aliphatic heterocycles. The maximum atomic E-state index is 12.4. The van der Waals surface area contributed by atoms with Crippen LogP contribution in [0, 0.1) is 0 Å². The maximum absolute atomic E-state index is 12.4. The Balaban J connectivity index is 1.83. The normalized spacial score (nSPS) is 10.8. The summed E-state index contributed by atoms with van der Waals surface area (Å²) in [4.78, 5) is 28.8. The van der Waals surface area contributed by atoms with Crippen LogP contribution in [0.5, 0.6) is 0 Å². The van der Waals surface area contributed by atoms with Gasteiger partial charge in [0.05, 0.1) is 28.6 Å². The molecule has 3 rings (SSSR count). The van der Waals surface area contributed by atoms with E-state index in [1.54, 1.807) is 18.2 Å². The molecule has 0 aliphatic carbocycles. The Morgan fingerprint density at radius 3 is 2.92 bits per heavy atom. The minimum atomic E-state index is -0.407. The molecule has 0 fully saturated rings. The number of ether oxygens (including phenoxy) is 1. The van der Waals surface area contributed by atoms with Crippen LogP contribution >= 0.6 is 22.9 Å². The van der Waals surface area contributed by atoms with Crippen molar-refractivity contribution in [3.8, 4) is 0 Å². The number of hydrogen-bond donors (Lipinski definition) is 1. The van der Waals surface area contributed by atoms with Gasteiger partial charge in [-0.1, -0.05) is 29.2 Å². The Morgan fingerprint density at radius 1 is 1.33 bits per heavy atom. The smallest absolute Gasteiger partial charge is 0.337 e. The molecular formula is C15H14N4O3S2. The highest BCUT2D eigenvalue weighted by atomic mass is 32.1. The Morgan fingerprint density at radius 2 is 2.17 bits per heavy atom. The number of benzene rings is 1. The van der Waals surface area contributed by atoms with E-state index in [2.05, 4.69) is 19.9 Å². The Kier molecular flexibility index (Phi) is 4.81. The van der Waals surface area contributed by atoms with Gasteiger partial charge in [0.15, 0.2) is 5.13 Å². The number of amides is 1. The zero-order valence-electron chi connectivity index (χ0n) is 13.0. The maximum Gasteiger partial charge on any atom is 0.337 e. The van der Waals surface area contributed by atoms with E-state index in [0.717, 1.165) is 22.7 Å². The van der Waals surface area contributed by atoms with Crippen molar-refractivity contribution in [3.63, 3.8) is 0 Å². The summed E-state index contributed by atoms with van der Waals surface area (Å²) in [6.07, 6.45) is 1.60. The van der Waals surface area contributed by atoms with Gasteiger partial charge in [0.1, 0.15) is 4.88 Å². The lowest BCUT2D eigenvalue weighted by Gasteiger charge is -1.99. The third kappa shape index (κ3) is 3.26. The highest BCUT2D eigenvalue weighted by Crippen LogP contribution is 2.28. The first-order valence-corrected chi connectivity index (χ1v) is 8.82. The summed E-state index contributed by atoms with van der Waals surface area (Å²) < 4.78 is 9.35. The van der Waals surface area contributed by atoms with Crippen LogP contribution < -0.4 is 5.32 Å². The molecule has 3 aromatic rings. The third-order valence-corrected chi connectivity index (χ3v) is 4.98. The van der Waals surface area contributed by atoms with Crippen molar-refractivity contribution in [3.05, 3.63) is 34.3 Å². The number of methoxy groups -OCH3 is 1. The summed E-state index contributed by atoms with van der Waals surface area (Å²) in [5.74, 6) is -0.670. The minimum absolute atomic E-state index is 0.263. The van der Waals surface area contributed by atoms with E-state index >= 15 is 0 Å². The van der Waals surface area contributed by atoms with Crippen LogP contribution in [0.25, 0.3) is 10.2 Å². The van der Waals surface area contributed by atoms with Gasteiger partial charge in [-0.15, -0.1) is 5.10 Å². The average molecular weight is 362 g/mol. The van der Waals surface area contributed by atoms with Gasteiger partial charge in [-0.2, -0.15) is 0 Å². The Bertz CT molecular complexity index is 903. The molecule has 0 radical (unpaired) electrons. The van der Waals surface area contributed by atoms with Gasteiger partial charge in [-0.3, -0.25) is 10.1 Å². The lowest BCUT2D eigenvalue weighted by Crippen LogP contribution is -2.12. The lowest BCUT2D eigenvalue weighted by molar-refractivity contribution is 0.0601. The van der Waals surface area contributed by atoms with Crippen LogP contribution in [0.4, 0.5) is 5.13 Å². The first kappa shape index (κ1) is 16.5. The number of carbonyl (C=O) groups is 2. The summed E-state index contributed by atoms with van der Waals surface area (Å²) in [5, 5.41) is 7.23. The van der Waals surface area contributed by atoms with Crippen molar-refractivity contribution < 1.29 is 14.3 Å². The largest absolute Gasteiger partial charge is 0.465 e. The van der Waals surface area contributed by atoms with E-state index < -0.39 is 5.97 Å². The van der Waals surface area contributed by atoms with Crippen molar-refractivity contribution in [1.29, 1.82) is 0 Å². The van der Waals surface area contributed by atoms with Gasteiger partial charge in [0.2, 0.25) is 0 Å². The van der Waals surface area contributed by atoms with Gasteiger partial charge in [-0.25, -0.2) is 9.78 Å². The number of nitrogens with zero attached hydrogens (tertiary/aromatic N) is 3. The second kappa shape index (κ2) is 7.02. The Hall–Kier alpha value is -2.39. The average Bonchev–Trinajstić information content (AvgIpc) is 3.19. The molecule has 7 nitrogen and oxygen atoms in total. The topological polar surface area (TPSA) is 94.1 Å². The fourth-order valence-corrected chi connectivity index (χ4v) is 3.66. The summed E-state index contributed by atoms with van der Waals surface area (Å²) in [6.45, 7) is 2.02. The zero-order chi connectivity index (χ0) is 17.1. The van der Waals surface area contributed by atoms with E-state index in [9.17, 15) is 9.59 Å². The van der Waals surface area contributed by atoms with Crippen molar-refractivity contribution in [2.45, 2.75) is 19.8 Å². The Labute approximate surface area is 145 Å². The second-order valence-corrected chi connectivity index (χ2v) is 6.73. The number of rotatable bonds is 5. The predicted molar refractivity (Wildman–Crippen MR) is 92.8 cm³/mol. The van der Waals surface area contributed by atoms with E-state index in [1.807, 2.05) is 6.92 Å². The number of thiazole rings is 1. The van der Waals surface area contributed by atoms with Crippen LogP contribution in [-0.2, 0) is 11.2 Å². The third-order valence-electron chi connectivity index (χ3n) is 3.28. The summed E-state index contributed by atoms with van der Waals surface area (Å²) >= 11 is 2.37. The second-order valence-electron chi connectivity index (χ2n) is 4.95. The highest BCUT2D eigenvalue weighted by molar-refractivity contribution is 7.22. The standard InChI is InChI=1S/C15H14N4O3S2/c1-3-4-10-12(24-19-18-10)13(20)17-15-16-9-6-5-8(14(21)22-2)7-11(9)23-15/h5-7H,3-4H2,1-2H3,(H,16,17,20). The monoisotopic (exact) mass is 362 g/mol. The molecule has 0 atom stereocenters. The van der Waals surface area contributed by atoms with Gasteiger partial charge < -0.3 is 4.74 Å².